The highest BCUT2D eigenvalue weighted by molar-refractivity contribution is 5.66. The smallest absolute Gasteiger partial charge is 0.303 e. The third-order valence-electron chi connectivity index (χ3n) is 10.5. The van der Waals surface area contributed by atoms with Gasteiger partial charge in [-0.1, -0.05) is 34.1 Å². The van der Waals surface area contributed by atoms with E-state index in [4.69, 9.17) is 5.11 Å². The monoisotopic (exact) mass is 390 g/mol. The molecule has 0 aliphatic heterocycles. The lowest BCUT2D eigenvalue weighted by Gasteiger charge is -2.62. The summed E-state index contributed by atoms with van der Waals surface area (Å²) >= 11 is 0. The van der Waals surface area contributed by atoms with Crippen LogP contribution in [0.3, 0.4) is 0 Å². The van der Waals surface area contributed by atoms with Crippen molar-refractivity contribution < 1.29 is 15.0 Å². The molecule has 160 valence electrons. The summed E-state index contributed by atoms with van der Waals surface area (Å²) in [6.07, 6.45) is 11.1. The van der Waals surface area contributed by atoms with Gasteiger partial charge in [-0.25, -0.2) is 0 Å². The van der Waals surface area contributed by atoms with Crippen LogP contribution < -0.4 is 0 Å². The van der Waals surface area contributed by atoms with Crippen LogP contribution in [-0.4, -0.2) is 22.3 Å². The minimum Gasteiger partial charge on any atom is -0.481 e. The summed E-state index contributed by atoms with van der Waals surface area (Å²) in [7, 11) is 0. The third kappa shape index (κ3) is 3.15. The average Bonchev–Trinajstić information content (AvgIpc) is 2.98. The number of aliphatic hydroxyl groups excluding tert-OH is 1. The fourth-order valence-corrected chi connectivity index (χ4v) is 8.96. The van der Waals surface area contributed by atoms with Crippen molar-refractivity contribution in [3.8, 4) is 0 Å². The lowest BCUT2D eigenvalue weighted by molar-refractivity contribution is -0.168. The van der Waals surface area contributed by atoms with E-state index in [9.17, 15) is 9.90 Å². The number of carboxylic acid groups (broad SMARTS) is 1. The molecule has 0 amide bonds. The number of hydrogen-bond donors (Lipinski definition) is 2. The van der Waals surface area contributed by atoms with Crippen LogP contribution in [0.4, 0.5) is 0 Å². The normalized spacial score (nSPS) is 51.7. The van der Waals surface area contributed by atoms with E-state index >= 15 is 0 Å². The van der Waals surface area contributed by atoms with Gasteiger partial charge in [0.15, 0.2) is 0 Å². The first kappa shape index (κ1) is 20.7. The van der Waals surface area contributed by atoms with Gasteiger partial charge in [-0.2, -0.15) is 0 Å². The predicted octanol–water partition coefficient (Wildman–Crippen LogP) is 5.75. The Bertz CT molecular complexity index is 603. The number of rotatable bonds is 4. The van der Waals surface area contributed by atoms with Crippen molar-refractivity contribution >= 4 is 5.97 Å². The number of carboxylic acids is 1. The van der Waals surface area contributed by atoms with E-state index in [1.807, 2.05) is 0 Å². The van der Waals surface area contributed by atoms with E-state index in [2.05, 4.69) is 27.7 Å². The minimum absolute atomic E-state index is 0.119. The van der Waals surface area contributed by atoms with Gasteiger partial charge in [0.1, 0.15) is 0 Å². The van der Waals surface area contributed by atoms with Crippen LogP contribution in [-0.2, 0) is 4.79 Å². The highest BCUT2D eigenvalue weighted by atomic mass is 16.4. The standard InChI is InChI=1S/C25H42O3/c1-15-9-11-24(3)17(13-15)14-21(26)23-19-7-6-18(16(2)5-8-22(27)28)25(19,4)12-10-20(23)24/h15-21,23,26H,5-14H2,1-4H3,(H,27,28)/t15?,16?,17-,18?,19?,20?,21?,23?,24?,25?/m1/s1. The van der Waals surface area contributed by atoms with Gasteiger partial charge in [0.2, 0.25) is 0 Å². The highest BCUT2D eigenvalue weighted by Gasteiger charge is 2.62. The molecule has 0 heterocycles. The molecule has 0 bridgehead atoms. The maximum absolute atomic E-state index is 11.3. The van der Waals surface area contributed by atoms with Crippen LogP contribution in [0, 0.1) is 52.3 Å². The van der Waals surface area contributed by atoms with Crippen LogP contribution >= 0.6 is 0 Å². The SMILES string of the molecule is CC1CCC2(C)C3CCC4(C)C(C(C)CCC(=O)O)CCC4C3C(O)C[C@H]2C1. The zero-order valence-corrected chi connectivity index (χ0v) is 18.5. The molecule has 0 aromatic rings. The first-order chi connectivity index (χ1) is 13.2. The van der Waals surface area contributed by atoms with Crippen LogP contribution in [0.25, 0.3) is 0 Å². The molecule has 4 saturated carbocycles. The molecular formula is C25H42O3. The number of carbonyl (C=O) groups is 1. The second kappa shape index (κ2) is 7.29. The summed E-state index contributed by atoms with van der Waals surface area (Å²) in [4.78, 5) is 11.1. The number of fused-ring (bicyclic) bond motifs is 5. The van der Waals surface area contributed by atoms with Crippen molar-refractivity contribution in [2.24, 2.45) is 52.3 Å². The van der Waals surface area contributed by atoms with Gasteiger partial charge in [0.25, 0.3) is 0 Å². The van der Waals surface area contributed by atoms with Gasteiger partial charge < -0.3 is 10.2 Å². The van der Waals surface area contributed by atoms with Crippen molar-refractivity contribution in [3.63, 3.8) is 0 Å². The van der Waals surface area contributed by atoms with Gasteiger partial charge in [0.05, 0.1) is 6.10 Å². The molecule has 10 atom stereocenters. The second-order valence-corrected chi connectivity index (χ2v) is 11.8. The number of aliphatic carboxylic acids is 1. The molecule has 0 radical (unpaired) electrons. The first-order valence-corrected chi connectivity index (χ1v) is 12.1. The largest absolute Gasteiger partial charge is 0.481 e. The van der Waals surface area contributed by atoms with Crippen molar-refractivity contribution in [2.45, 2.75) is 98.0 Å². The van der Waals surface area contributed by atoms with E-state index < -0.39 is 5.97 Å². The Labute approximate surface area is 171 Å². The van der Waals surface area contributed by atoms with Gasteiger partial charge >= 0.3 is 5.97 Å². The fraction of sp³-hybridized carbons (Fsp3) is 0.960. The molecule has 0 aromatic heterocycles. The summed E-state index contributed by atoms with van der Waals surface area (Å²) < 4.78 is 0. The summed E-state index contributed by atoms with van der Waals surface area (Å²) in [5.41, 5.74) is 0.732. The summed E-state index contributed by atoms with van der Waals surface area (Å²) in [5, 5.41) is 20.4. The zero-order chi connectivity index (χ0) is 20.3. The Hall–Kier alpha value is -0.570. The quantitative estimate of drug-likeness (QED) is 0.642. The van der Waals surface area contributed by atoms with Crippen LogP contribution in [0.1, 0.15) is 91.9 Å². The van der Waals surface area contributed by atoms with Gasteiger partial charge in [-0.15, -0.1) is 0 Å². The van der Waals surface area contributed by atoms with Crippen LogP contribution in [0.2, 0.25) is 0 Å². The van der Waals surface area contributed by atoms with Gasteiger partial charge in [0, 0.05) is 6.42 Å². The molecule has 9 unspecified atom stereocenters. The lowest BCUT2D eigenvalue weighted by Crippen LogP contribution is -2.58. The average molecular weight is 391 g/mol. The number of aliphatic hydroxyl groups is 1. The molecule has 3 nitrogen and oxygen atoms in total. The molecule has 4 aliphatic rings. The van der Waals surface area contributed by atoms with E-state index in [1.165, 1.54) is 44.9 Å². The molecule has 28 heavy (non-hydrogen) atoms. The van der Waals surface area contributed by atoms with Crippen molar-refractivity contribution in [1.29, 1.82) is 0 Å². The zero-order valence-electron chi connectivity index (χ0n) is 18.5. The molecule has 3 heteroatoms. The Morgan fingerprint density at radius 2 is 1.71 bits per heavy atom. The Kier molecular flexibility index (Phi) is 5.39. The molecule has 0 aromatic carbocycles. The van der Waals surface area contributed by atoms with Crippen molar-refractivity contribution in [3.05, 3.63) is 0 Å². The molecule has 0 saturated heterocycles. The molecule has 2 N–H and O–H groups in total. The third-order valence-corrected chi connectivity index (χ3v) is 10.5. The fourth-order valence-electron chi connectivity index (χ4n) is 8.96. The first-order valence-electron chi connectivity index (χ1n) is 12.1. The number of hydrogen-bond acceptors (Lipinski definition) is 2. The second-order valence-electron chi connectivity index (χ2n) is 11.8. The van der Waals surface area contributed by atoms with Crippen LogP contribution in [0.15, 0.2) is 0 Å². The predicted molar refractivity (Wildman–Crippen MR) is 112 cm³/mol. The van der Waals surface area contributed by atoms with E-state index in [0.717, 1.165) is 18.8 Å². The maximum atomic E-state index is 11.3. The van der Waals surface area contributed by atoms with Crippen molar-refractivity contribution in [1.82, 2.24) is 0 Å². The van der Waals surface area contributed by atoms with E-state index in [-0.39, 0.29) is 6.10 Å². The maximum Gasteiger partial charge on any atom is 0.303 e. The van der Waals surface area contributed by atoms with Crippen LogP contribution in [0.5, 0.6) is 0 Å². The molecular weight excluding hydrogens is 348 g/mol. The Morgan fingerprint density at radius 1 is 1.04 bits per heavy atom. The highest BCUT2D eigenvalue weighted by Crippen LogP contribution is 2.68. The lowest BCUT2D eigenvalue weighted by atomic mass is 9.43. The molecule has 4 aliphatic carbocycles. The Balaban J connectivity index is 1.55. The topological polar surface area (TPSA) is 57.5 Å². The molecule has 4 fully saturated rings. The van der Waals surface area contributed by atoms with Gasteiger partial charge in [-0.3, -0.25) is 4.79 Å². The molecule has 0 spiro atoms. The molecule has 4 rings (SSSR count). The summed E-state index contributed by atoms with van der Waals surface area (Å²) in [6, 6.07) is 0. The summed E-state index contributed by atoms with van der Waals surface area (Å²) in [6.45, 7) is 9.74. The minimum atomic E-state index is -0.663. The van der Waals surface area contributed by atoms with E-state index in [1.54, 1.807) is 0 Å². The van der Waals surface area contributed by atoms with E-state index in [0.29, 0.717) is 52.8 Å². The van der Waals surface area contributed by atoms with Crippen molar-refractivity contribution in [2.75, 3.05) is 0 Å². The summed E-state index contributed by atoms with van der Waals surface area (Å²) in [5.74, 6) is 3.78. The Morgan fingerprint density at radius 3 is 2.43 bits per heavy atom. The van der Waals surface area contributed by atoms with Gasteiger partial charge in [-0.05, 0) is 104 Å².